The largest absolute Gasteiger partial charge is 0.495 e. The maximum Gasteiger partial charge on any atom is 0.323 e. The third-order valence-corrected chi connectivity index (χ3v) is 14.7. The van der Waals surface area contributed by atoms with Crippen LogP contribution in [0.1, 0.15) is 116 Å². The zero-order valence-electron chi connectivity index (χ0n) is 53.5. The summed E-state index contributed by atoms with van der Waals surface area (Å²) in [4.78, 5) is 24.3. The number of urea groups is 2. The highest BCUT2D eigenvalue weighted by Crippen LogP contribution is 2.32. The van der Waals surface area contributed by atoms with Crippen LogP contribution in [0, 0.1) is 13.8 Å². The van der Waals surface area contributed by atoms with E-state index in [1.807, 2.05) is 122 Å². The highest BCUT2D eigenvalue weighted by molar-refractivity contribution is 9.10. The van der Waals surface area contributed by atoms with Crippen LogP contribution in [0.5, 0.6) is 11.5 Å². The van der Waals surface area contributed by atoms with E-state index in [0.29, 0.717) is 21.7 Å². The van der Waals surface area contributed by atoms with E-state index in [9.17, 15) is 9.59 Å². The number of ether oxygens (including phenoxy) is 2. The lowest BCUT2D eigenvalue weighted by atomic mass is 9.87. The fourth-order valence-corrected chi connectivity index (χ4v) is 9.60. The SMILES string of the molecule is COc1ccc(Br)cc1NC(=O)Nc1cccc(C(C)(C)C)c1.COc1ccc(Br)cc1NC(=S)Nc1cccc(C(C)(C)C)c1.Cc1cccc(NC(=O)Nc2cccc(C(C)(C)C)c2)c1.Cc1cccc(NC(=S)Nc2cccc(C(C)(C)C)c2)c1. The fraction of sp³-hybridized carbons (Fsp3) is 0.278. The Labute approximate surface area is 550 Å². The Hall–Kier alpha value is -7.76. The molecule has 0 aliphatic heterocycles. The Morgan fingerprint density at radius 1 is 0.341 bits per heavy atom. The predicted molar refractivity (Wildman–Crippen MR) is 389 cm³/mol. The quantitative estimate of drug-likeness (QED) is 0.0622. The van der Waals surface area contributed by atoms with E-state index in [-0.39, 0.29) is 33.7 Å². The molecule has 0 aromatic heterocycles. The summed E-state index contributed by atoms with van der Waals surface area (Å²) in [6.45, 7) is 30.1. The maximum atomic E-state index is 12.2. The van der Waals surface area contributed by atoms with Gasteiger partial charge in [-0.1, -0.05) is 188 Å². The molecule has 0 fully saturated rings. The number of halogens is 2. The van der Waals surface area contributed by atoms with Gasteiger partial charge in [0.05, 0.1) is 25.6 Å². The van der Waals surface area contributed by atoms with Gasteiger partial charge in [-0.2, -0.15) is 0 Å². The molecule has 88 heavy (non-hydrogen) atoms. The van der Waals surface area contributed by atoms with Crippen molar-refractivity contribution in [3.63, 3.8) is 0 Å². The van der Waals surface area contributed by atoms with Gasteiger partial charge in [-0.15, -0.1) is 0 Å². The molecule has 0 bridgehead atoms. The van der Waals surface area contributed by atoms with Crippen molar-refractivity contribution in [1.29, 1.82) is 0 Å². The van der Waals surface area contributed by atoms with Crippen molar-refractivity contribution in [2.45, 2.75) is 119 Å². The number of carbonyl (C=O) groups excluding carboxylic acids is 2. The zero-order valence-corrected chi connectivity index (χ0v) is 58.3. The number of amides is 4. The number of methoxy groups -OCH3 is 2. The van der Waals surface area contributed by atoms with Gasteiger partial charge >= 0.3 is 12.1 Å². The molecule has 0 aliphatic rings. The molecular weight excluding hydrogens is 1260 g/mol. The van der Waals surface area contributed by atoms with E-state index in [1.165, 1.54) is 22.3 Å². The monoisotopic (exact) mass is 1350 g/mol. The van der Waals surface area contributed by atoms with Gasteiger partial charge in [0.2, 0.25) is 0 Å². The summed E-state index contributed by atoms with van der Waals surface area (Å²) in [5.74, 6) is 1.34. The number of thiocarbonyl (C=S) groups is 2. The number of anilines is 8. The molecule has 8 aromatic carbocycles. The van der Waals surface area contributed by atoms with Crippen LogP contribution in [0.25, 0.3) is 0 Å². The second kappa shape index (κ2) is 32.5. The molecule has 464 valence electrons. The van der Waals surface area contributed by atoms with Crippen molar-refractivity contribution in [3.8, 4) is 11.5 Å². The van der Waals surface area contributed by atoms with Crippen molar-refractivity contribution in [2.75, 3.05) is 56.8 Å². The zero-order chi connectivity index (χ0) is 65.0. The molecule has 0 saturated heterocycles. The molecule has 0 spiro atoms. The lowest BCUT2D eigenvalue weighted by molar-refractivity contribution is 0.261. The summed E-state index contributed by atoms with van der Waals surface area (Å²) in [5, 5.41) is 25.3. The second-order valence-electron chi connectivity index (χ2n) is 25.1. The van der Waals surface area contributed by atoms with Gasteiger partial charge in [0.15, 0.2) is 10.2 Å². The first-order valence-electron chi connectivity index (χ1n) is 28.8. The van der Waals surface area contributed by atoms with Crippen LogP contribution in [0.15, 0.2) is 191 Å². The summed E-state index contributed by atoms with van der Waals surface area (Å²) < 4.78 is 12.4. The minimum absolute atomic E-state index is 0.0294. The third kappa shape index (κ3) is 24.4. The van der Waals surface area contributed by atoms with Gasteiger partial charge in [-0.3, -0.25) is 0 Å². The normalized spacial score (nSPS) is 11.0. The summed E-state index contributed by atoms with van der Waals surface area (Å²) in [7, 11) is 3.21. The van der Waals surface area contributed by atoms with Crippen LogP contribution >= 0.6 is 56.3 Å². The Morgan fingerprint density at radius 2 is 0.602 bits per heavy atom. The predicted octanol–water partition coefficient (Wildman–Crippen LogP) is 21.0. The van der Waals surface area contributed by atoms with Crippen molar-refractivity contribution in [2.24, 2.45) is 0 Å². The van der Waals surface area contributed by atoms with E-state index in [2.05, 4.69) is 219 Å². The number of rotatable bonds is 10. The molecule has 0 aliphatic carbocycles. The van der Waals surface area contributed by atoms with Gasteiger partial charge < -0.3 is 52.0 Å². The lowest BCUT2D eigenvalue weighted by Gasteiger charge is -2.20. The molecule has 8 aromatic rings. The van der Waals surface area contributed by atoms with Crippen LogP contribution in [0.2, 0.25) is 0 Å². The molecule has 8 rings (SSSR count). The summed E-state index contributed by atoms with van der Waals surface area (Å²) in [6.07, 6.45) is 0. The minimum Gasteiger partial charge on any atom is -0.495 e. The number of carbonyl (C=O) groups is 2. The molecular formula is C72H86Br2N8O4S2. The Bertz CT molecular complexity index is 3420. The summed E-state index contributed by atoms with van der Waals surface area (Å²) in [5.41, 5.74) is 14.3. The number of benzene rings is 8. The van der Waals surface area contributed by atoms with Crippen LogP contribution in [0.4, 0.5) is 55.1 Å². The smallest absolute Gasteiger partial charge is 0.323 e. The van der Waals surface area contributed by atoms with Crippen LogP contribution in [-0.2, 0) is 21.7 Å². The Balaban J connectivity index is 0.000000214. The van der Waals surface area contributed by atoms with Crippen molar-refractivity contribution in [3.05, 3.63) is 224 Å². The minimum atomic E-state index is -0.313. The molecule has 0 atom stereocenters. The van der Waals surface area contributed by atoms with Crippen LogP contribution in [0.3, 0.4) is 0 Å². The number of hydrogen-bond acceptors (Lipinski definition) is 6. The van der Waals surface area contributed by atoms with Gasteiger partial charge in [-0.25, -0.2) is 9.59 Å². The fourth-order valence-electron chi connectivity index (χ4n) is 8.41. The Kier molecular flexibility index (Phi) is 26.2. The molecule has 0 unspecified atom stereocenters. The van der Waals surface area contributed by atoms with Crippen molar-refractivity contribution < 1.29 is 19.1 Å². The number of aryl methyl sites for hydroxylation is 2. The number of nitrogens with one attached hydrogen (secondary N) is 8. The lowest BCUT2D eigenvalue weighted by Crippen LogP contribution is -2.20. The standard InChI is InChI=1S/C18H21BrN2O2.C18H21BrN2OS.C18H22N2O.C18H22N2S/c1-18(2,3)12-6-5-7-14(10-12)20-17(22)21-15-11-13(19)8-9-16(15)23-4;1-18(2,3)12-6-5-7-14(10-12)20-17(23)21-15-11-13(19)8-9-16(15)22-4;2*1-13-7-5-9-15(11-13)19-17(21)20-16-10-6-8-14(12-16)18(2,3)4/h5-11H,1-4H3,(H2,20,21,22);5-11H,1-4H3,(H2,20,21,23);2*5-12H,1-4H3,(H2,19,20,21). The first-order chi connectivity index (χ1) is 41.3. The topological polar surface area (TPSA) is 149 Å². The first kappa shape index (κ1) is 71.0. The molecule has 8 N–H and O–H groups in total. The summed E-state index contributed by atoms with van der Waals surface area (Å²) in [6, 6.07) is 58.9. The molecule has 4 amide bonds. The third-order valence-electron chi connectivity index (χ3n) is 13.3. The summed E-state index contributed by atoms with van der Waals surface area (Å²) >= 11 is 17.6. The molecule has 12 nitrogen and oxygen atoms in total. The van der Waals surface area contributed by atoms with Crippen LogP contribution in [-0.4, -0.2) is 36.5 Å². The van der Waals surface area contributed by atoms with Gasteiger partial charge in [0.25, 0.3) is 0 Å². The van der Waals surface area contributed by atoms with Gasteiger partial charge in [0.1, 0.15) is 11.5 Å². The number of hydrogen-bond donors (Lipinski definition) is 8. The van der Waals surface area contributed by atoms with E-state index in [0.717, 1.165) is 65.6 Å². The Morgan fingerprint density at radius 3 is 0.909 bits per heavy atom. The highest BCUT2D eigenvalue weighted by Gasteiger charge is 2.18. The first-order valence-corrected chi connectivity index (χ1v) is 31.2. The van der Waals surface area contributed by atoms with E-state index in [4.69, 9.17) is 33.9 Å². The molecule has 0 saturated carbocycles. The van der Waals surface area contributed by atoms with Crippen LogP contribution < -0.4 is 52.0 Å². The van der Waals surface area contributed by atoms with Crippen molar-refractivity contribution >= 4 is 124 Å². The van der Waals surface area contributed by atoms with E-state index >= 15 is 0 Å². The highest BCUT2D eigenvalue weighted by atomic mass is 79.9. The van der Waals surface area contributed by atoms with E-state index < -0.39 is 0 Å². The van der Waals surface area contributed by atoms with Gasteiger partial charge in [0, 0.05) is 43.1 Å². The second-order valence-corrected chi connectivity index (χ2v) is 27.7. The average molecular weight is 1350 g/mol. The molecule has 16 heteroatoms. The average Bonchev–Trinajstić information content (AvgIpc) is 3.00. The van der Waals surface area contributed by atoms with E-state index in [1.54, 1.807) is 26.4 Å². The molecule has 0 heterocycles. The van der Waals surface area contributed by atoms with Crippen molar-refractivity contribution in [1.82, 2.24) is 0 Å². The van der Waals surface area contributed by atoms with Gasteiger partial charge in [-0.05, 0) is 203 Å². The molecule has 0 radical (unpaired) electrons. The maximum absolute atomic E-state index is 12.2.